The van der Waals surface area contributed by atoms with Gasteiger partial charge in [0.05, 0.1) is 11.0 Å². The summed E-state index contributed by atoms with van der Waals surface area (Å²) in [6.07, 6.45) is 2.78. The second-order valence-electron chi connectivity index (χ2n) is 7.92. The first-order valence-corrected chi connectivity index (χ1v) is 9.40. The van der Waals surface area contributed by atoms with E-state index in [0.717, 1.165) is 6.42 Å². The van der Waals surface area contributed by atoms with Crippen molar-refractivity contribution in [2.45, 2.75) is 38.6 Å². The number of nitrogens with one attached hydrogen (secondary N) is 1. The Balaban J connectivity index is 1.91. The van der Waals surface area contributed by atoms with Crippen LogP contribution >= 0.6 is 0 Å². The molecule has 7 heteroatoms. The normalized spacial score (nSPS) is 20.3. The van der Waals surface area contributed by atoms with Crippen LogP contribution in [0, 0.1) is 11.2 Å². The number of aryl methyl sites for hydroxylation is 1. The highest BCUT2D eigenvalue weighted by Gasteiger charge is 2.66. The number of aromatic nitrogens is 4. The lowest BCUT2D eigenvalue weighted by Crippen LogP contribution is -2.24. The number of hydrogen-bond donors (Lipinski definition) is 2. The van der Waals surface area contributed by atoms with Gasteiger partial charge in [0, 0.05) is 24.9 Å². The fourth-order valence-electron chi connectivity index (χ4n) is 4.13. The van der Waals surface area contributed by atoms with Crippen molar-refractivity contribution < 1.29 is 9.50 Å². The van der Waals surface area contributed by atoms with Crippen LogP contribution in [0.3, 0.4) is 0 Å². The first-order chi connectivity index (χ1) is 13.4. The van der Waals surface area contributed by atoms with Crippen LogP contribution < -0.4 is 5.56 Å². The van der Waals surface area contributed by atoms with Crippen molar-refractivity contribution >= 4 is 0 Å². The van der Waals surface area contributed by atoms with E-state index in [1.165, 1.54) is 6.07 Å². The van der Waals surface area contributed by atoms with Crippen molar-refractivity contribution in [3.8, 4) is 11.4 Å². The highest BCUT2D eigenvalue weighted by molar-refractivity contribution is 5.55. The van der Waals surface area contributed by atoms with Crippen LogP contribution in [0.4, 0.5) is 4.39 Å². The highest BCUT2D eigenvalue weighted by atomic mass is 19.1. The molecule has 3 aromatic rings. The van der Waals surface area contributed by atoms with Gasteiger partial charge < -0.3 is 10.1 Å². The van der Waals surface area contributed by atoms with Crippen LogP contribution in [0.5, 0.6) is 0 Å². The van der Waals surface area contributed by atoms with E-state index in [9.17, 15) is 14.3 Å². The molecule has 1 atom stereocenters. The van der Waals surface area contributed by atoms with E-state index in [1.54, 1.807) is 35.1 Å². The molecule has 0 radical (unpaired) electrons. The number of benzene rings is 1. The van der Waals surface area contributed by atoms with Crippen LogP contribution in [-0.4, -0.2) is 31.5 Å². The number of rotatable bonds is 6. The van der Waals surface area contributed by atoms with E-state index >= 15 is 0 Å². The van der Waals surface area contributed by atoms with Crippen molar-refractivity contribution in [1.82, 2.24) is 19.7 Å². The Morgan fingerprint density at radius 2 is 2.00 bits per heavy atom. The predicted molar refractivity (Wildman–Crippen MR) is 103 cm³/mol. The Bertz CT molecular complexity index is 1070. The van der Waals surface area contributed by atoms with Crippen molar-refractivity contribution in [2.24, 2.45) is 5.41 Å². The molecule has 1 aliphatic rings. The predicted octanol–water partition coefficient (Wildman–Crippen LogP) is 2.87. The average Bonchev–Trinajstić information content (AvgIpc) is 3.03. The summed E-state index contributed by atoms with van der Waals surface area (Å²) in [5, 5.41) is 13.8. The van der Waals surface area contributed by atoms with Gasteiger partial charge in [0.25, 0.3) is 5.56 Å². The van der Waals surface area contributed by atoms with Crippen LogP contribution in [0.1, 0.15) is 38.1 Å². The summed E-state index contributed by atoms with van der Waals surface area (Å²) in [4.78, 5) is 19.6. The summed E-state index contributed by atoms with van der Waals surface area (Å²) in [6, 6.07) is 10.1. The van der Waals surface area contributed by atoms with Crippen molar-refractivity contribution in [3.63, 3.8) is 0 Å². The Labute approximate surface area is 162 Å². The molecule has 1 fully saturated rings. The van der Waals surface area contributed by atoms with Gasteiger partial charge in [0.1, 0.15) is 11.6 Å². The van der Waals surface area contributed by atoms with E-state index in [1.807, 2.05) is 6.07 Å². The average molecular weight is 382 g/mol. The lowest BCUT2D eigenvalue weighted by atomic mass is 9.86. The van der Waals surface area contributed by atoms with Crippen molar-refractivity contribution in [1.29, 1.82) is 0 Å². The molecule has 0 amide bonds. The zero-order valence-corrected chi connectivity index (χ0v) is 15.9. The van der Waals surface area contributed by atoms with E-state index in [0.29, 0.717) is 35.7 Å². The molecule has 4 rings (SSSR count). The smallest absolute Gasteiger partial charge is 0.259 e. The maximum absolute atomic E-state index is 14.8. The third kappa shape index (κ3) is 2.77. The molecular weight excluding hydrogens is 359 g/mol. The number of pyridine rings is 1. The molecule has 2 aromatic heterocycles. The molecule has 2 N–H and O–H groups in total. The van der Waals surface area contributed by atoms with Crippen LogP contribution in [0.25, 0.3) is 11.4 Å². The van der Waals surface area contributed by atoms with Gasteiger partial charge in [0.2, 0.25) is 0 Å². The number of aliphatic hydroxyl groups is 1. The maximum atomic E-state index is 14.8. The number of H-pyrrole nitrogens is 1. The van der Waals surface area contributed by atoms with Gasteiger partial charge in [-0.05, 0) is 36.5 Å². The molecule has 0 saturated heterocycles. The zero-order valence-electron chi connectivity index (χ0n) is 15.9. The molecule has 146 valence electrons. The molecule has 1 aliphatic carbocycles. The van der Waals surface area contributed by atoms with Gasteiger partial charge in [-0.25, -0.2) is 14.1 Å². The number of hydrogen-bond acceptors (Lipinski definition) is 4. The number of nitrogens with zero attached hydrogens (tertiary/aromatic N) is 3. The molecule has 6 nitrogen and oxygen atoms in total. The summed E-state index contributed by atoms with van der Waals surface area (Å²) >= 11 is 0. The molecule has 0 aliphatic heterocycles. The van der Waals surface area contributed by atoms with E-state index < -0.39 is 5.41 Å². The van der Waals surface area contributed by atoms with Gasteiger partial charge >= 0.3 is 0 Å². The van der Waals surface area contributed by atoms with Gasteiger partial charge in [0.15, 0.2) is 5.82 Å². The quantitative estimate of drug-likeness (QED) is 0.687. The Morgan fingerprint density at radius 3 is 2.64 bits per heavy atom. The van der Waals surface area contributed by atoms with Crippen LogP contribution in [-0.2, 0) is 12.0 Å². The monoisotopic (exact) mass is 382 g/mol. The molecular formula is C21H23FN4O2. The fourth-order valence-corrected chi connectivity index (χ4v) is 4.13. The third-order valence-electron chi connectivity index (χ3n) is 5.71. The third-order valence-corrected chi connectivity index (χ3v) is 5.71. The lowest BCUT2D eigenvalue weighted by Gasteiger charge is -2.21. The molecule has 1 aromatic carbocycles. The van der Waals surface area contributed by atoms with E-state index in [2.05, 4.69) is 23.9 Å². The maximum Gasteiger partial charge on any atom is 0.259 e. The second-order valence-corrected chi connectivity index (χ2v) is 7.92. The van der Waals surface area contributed by atoms with E-state index in [4.69, 9.17) is 4.98 Å². The molecule has 2 heterocycles. The minimum atomic E-state index is -0.624. The molecule has 1 unspecified atom stereocenters. The Morgan fingerprint density at radius 1 is 1.25 bits per heavy atom. The van der Waals surface area contributed by atoms with Crippen LogP contribution in [0.15, 0.2) is 47.4 Å². The van der Waals surface area contributed by atoms with Crippen molar-refractivity contribution in [2.75, 3.05) is 6.61 Å². The summed E-state index contributed by atoms with van der Waals surface area (Å²) in [6.45, 7) is 4.62. The number of halogens is 1. The summed E-state index contributed by atoms with van der Waals surface area (Å²) in [5.74, 6) is 0.673. The van der Waals surface area contributed by atoms with Crippen molar-refractivity contribution in [3.05, 3.63) is 70.2 Å². The largest absolute Gasteiger partial charge is 0.396 e. The SMILES string of the molecule is CC1(C)CC1(c1ccccc1F)c1nc(-c2ccc[nH]c2=O)nn1CCCO. The van der Waals surface area contributed by atoms with Gasteiger partial charge in [-0.15, -0.1) is 0 Å². The topological polar surface area (TPSA) is 83.8 Å². The van der Waals surface area contributed by atoms with Gasteiger partial charge in [-0.2, -0.15) is 5.10 Å². The van der Waals surface area contributed by atoms with Gasteiger partial charge in [-0.1, -0.05) is 32.0 Å². The first-order valence-electron chi connectivity index (χ1n) is 9.40. The first kappa shape index (κ1) is 18.6. The molecule has 1 saturated carbocycles. The molecule has 28 heavy (non-hydrogen) atoms. The fraction of sp³-hybridized carbons (Fsp3) is 0.381. The van der Waals surface area contributed by atoms with E-state index in [-0.39, 0.29) is 23.4 Å². The Kier molecular flexibility index (Phi) is 4.42. The summed E-state index contributed by atoms with van der Waals surface area (Å²) < 4.78 is 16.5. The highest BCUT2D eigenvalue weighted by Crippen LogP contribution is 2.67. The lowest BCUT2D eigenvalue weighted by molar-refractivity contribution is 0.274. The second kappa shape index (κ2) is 6.67. The van der Waals surface area contributed by atoms with Crippen LogP contribution in [0.2, 0.25) is 0 Å². The summed E-state index contributed by atoms with van der Waals surface area (Å²) in [5.41, 5.74) is -0.150. The molecule has 0 bridgehead atoms. The Hall–Kier alpha value is -2.80. The number of aliphatic hydroxyl groups excluding tert-OH is 1. The standard InChI is InChI=1S/C21H23FN4O2/c1-20(2)13-21(20,15-8-3-4-9-16(15)22)19-24-17(25-26(19)11-6-12-27)14-7-5-10-23-18(14)28/h3-5,7-10,27H,6,11-13H2,1-2H3,(H,23,28). The minimum absolute atomic E-state index is 0.0106. The number of aromatic amines is 1. The summed E-state index contributed by atoms with van der Waals surface area (Å²) in [7, 11) is 0. The zero-order chi connectivity index (χ0) is 19.9. The minimum Gasteiger partial charge on any atom is -0.396 e. The molecule has 0 spiro atoms. The van der Waals surface area contributed by atoms with Gasteiger partial charge in [-0.3, -0.25) is 4.79 Å².